The molecule has 0 radical (unpaired) electrons. The molecule has 3 heteroatoms. The van der Waals surface area contributed by atoms with Crippen LogP contribution in [0, 0.1) is 0 Å². The van der Waals surface area contributed by atoms with Gasteiger partial charge in [-0.15, -0.1) is 11.3 Å². The van der Waals surface area contributed by atoms with Gasteiger partial charge in [0.1, 0.15) is 0 Å². The molecule has 0 aromatic carbocycles. The highest BCUT2D eigenvalue weighted by molar-refractivity contribution is 7.12. The Bertz CT molecular complexity index is 311. The molecule has 1 heterocycles. The monoisotopic (exact) mass is 225 g/mol. The Hall–Kier alpha value is -0.380. The smallest absolute Gasteiger partial charge is 0.0636 e. The van der Waals surface area contributed by atoms with Crippen molar-refractivity contribution in [2.75, 3.05) is 6.54 Å². The van der Waals surface area contributed by atoms with Crippen molar-refractivity contribution in [3.05, 3.63) is 21.4 Å². The molecule has 2 N–H and O–H groups in total. The van der Waals surface area contributed by atoms with E-state index in [-0.39, 0.29) is 6.10 Å². The molecule has 0 spiro atoms. The quantitative estimate of drug-likeness (QED) is 0.824. The van der Waals surface area contributed by atoms with Gasteiger partial charge in [-0.1, -0.05) is 0 Å². The molecule has 0 bridgehead atoms. The molecule has 0 saturated carbocycles. The average Bonchev–Trinajstić information content (AvgIpc) is 2.72. The fourth-order valence-corrected chi connectivity index (χ4v) is 3.30. The summed E-state index contributed by atoms with van der Waals surface area (Å²) in [5.74, 6) is 0. The van der Waals surface area contributed by atoms with Gasteiger partial charge in [0.15, 0.2) is 0 Å². The van der Waals surface area contributed by atoms with Crippen LogP contribution < -0.4 is 5.32 Å². The Morgan fingerprint density at radius 1 is 1.47 bits per heavy atom. The van der Waals surface area contributed by atoms with E-state index in [2.05, 4.69) is 18.3 Å². The molecule has 84 valence electrons. The Kier molecular flexibility index (Phi) is 3.44. The van der Waals surface area contributed by atoms with E-state index >= 15 is 0 Å². The molecule has 0 saturated heterocycles. The van der Waals surface area contributed by atoms with Crippen molar-refractivity contribution in [1.29, 1.82) is 0 Å². The Morgan fingerprint density at radius 2 is 2.27 bits per heavy atom. The lowest BCUT2D eigenvalue weighted by Crippen LogP contribution is -2.26. The van der Waals surface area contributed by atoms with Crippen LogP contribution in [0.5, 0.6) is 0 Å². The molecule has 0 amide bonds. The van der Waals surface area contributed by atoms with Crippen LogP contribution in [-0.2, 0) is 12.8 Å². The zero-order valence-corrected chi connectivity index (χ0v) is 10.2. The molecule has 0 aliphatic heterocycles. The highest BCUT2D eigenvalue weighted by atomic mass is 32.1. The molecule has 1 aliphatic carbocycles. The summed E-state index contributed by atoms with van der Waals surface area (Å²) in [5.41, 5.74) is 1.56. The standard InChI is InChI=1S/C12H19NOS/c1-8(14)7-13-9(2)12-6-10-4-3-5-11(10)15-12/h6,8-9,13-14H,3-5,7H2,1-2H3/t8-,9?/m1/s1. The largest absolute Gasteiger partial charge is 0.392 e. The zero-order valence-electron chi connectivity index (χ0n) is 9.42. The number of nitrogens with one attached hydrogen (secondary N) is 1. The van der Waals surface area contributed by atoms with E-state index < -0.39 is 0 Å². The number of aliphatic hydroxyl groups is 1. The Morgan fingerprint density at radius 3 is 2.93 bits per heavy atom. The van der Waals surface area contributed by atoms with Gasteiger partial charge in [-0.05, 0) is 44.7 Å². The molecule has 2 atom stereocenters. The minimum Gasteiger partial charge on any atom is -0.392 e. The van der Waals surface area contributed by atoms with Crippen LogP contribution in [0.15, 0.2) is 6.07 Å². The minimum absolute atomic E-state index is 0.265. The number of hydrogen-bond acceptors (Lipinski definition) is 3. The van der Waals surface area contributed by atoms with Gasteiger partial charge in [0, 0.05) is 22.3 Å². The molecule has 1 aliphatic rings. The average molecular weight is 225 g/mol. The van der Waals surface area contributed by atoms with Crippen molar-refractivity contribution < 1.29 is 5.11 Å². The van der Waals surface area contributed by atoms with Crippen LogP contribution in [0.2, 0.25) is 0 Å². The number of thiophene rings is 1. The van der Waals surface area contributed by atoms with Gasteiger partial charge in [-0.2, -0.15) is 0 Å². The van der Waals surface area contributed by atoms with E-state index in [9.17, 15) is 5.11 Å². The third-order valence-corrected chi connectivity index (χ3v) is 4.33. The third kappa shape index (κ3) is 2.60. The second-order valence-corrected chi connectivity index (χ2v) is 5.60. The van der Waals surface area contributed by atoms with Crippen LogP contribution in [0.3, 0.4) is 0 Å². The van der Waals surface area contributed by atoms with Crippen LogP contribution in [0.4, 0.5) is 0 Å². The molecule has 15 heavy (non-hydrogen) atoms. The van der Waals surface area contributed by atoms with Gasteiger partial charge in [0.2, 0.25) is 0 Å². The molecular formula is C12H19NOS. The van der Waals surface area contributed by atoms with Crippen molar-refractivity contribution in [2.24, 2.45) is 0 Å². The topological polar surface area (TPSA) is 32.3 Å². The fraction of sp³-hybridized carbons (Fsp3) is 0.667. The summed E-state index contributed by atoms with van der Waals surface area (Å²) in [6.45, 7) is 4.65. The predicted molar refractivity (Wildman–Crippen MR) is 64.4 cm³/mol. The lowest BCUT2D eigenvalue weighted by atomic mass is 10.2. The predicted octanol–water partition coefficient (Wildman–Crippen LogP) is 2.27. The lowest BCUT2D eigenvalue weighted by Gasteiger charge is -2.13. The number of fused-ring (bicyclic) bond motifs is 1. The molecule has 2 nitrogen and oxygen atoms in total. The SMILES string of the molecule is CC(NC[C@@H](C)O)c1cc2c(s1)CCC2. The fourth-order valence-electron chi connectivity index (χ4n) is 2.01. The maximum Gasteiger partial charge on any atom is 0.0636 e. The normalized spacial score (nSPS) is 18.9. The molecule has 2 rings (SSSR count). The Labute approximate surface area is 95.3 Å². The van der Waals surface area contributed by atoms with Gasteiger partial charge in [-0.3, -0.25) is 0 Å². The van der Waals surface area contributed by atoms with Crippen molar-refractivity contribution in [3.8, 4) is 0 Å². The van der Waals surface area contributed by atoms with Gasteiger partial charge in [-0.25, -0.2) is 0 Å². The molecule has 1 aromatic rings. The van der Waals surface area contributed by atoms with Gasteiger partial charge < -0.3 is 10.4 Å². The van der Waals surface area contributed by atoms with Crippen LogP contribution >= 0.6 is 11.3 Å². The molecular weight excluding hydrogens is 206 g/mol. The lowest BCUT2D eigenvalue weighted by molar-refractivity contribution is 0.187. The highest BCUT2D eigenvalue weighted by Gasteiger charge is 2.17. The van der Waals surface area contributed by atoms with Crippen LogP contribution in [-0.4, -0.2) is 17.8 Å². The van der Waals surface area contributed by atoms with E-state index in [4.69, 9.17) is 0 Å². The summed E-state index contributed by atoms with van der Waals surface area (Å²) in [5, 5.41) is 12.6. The third-order valence-electron chi connectivity index (χ3n) is 2.91. The van der Waals surface area contributed by atoms with Gasteiger partial charge in [0.05, 0.1) is 6.10 Å². The number of hydrogen-bond donors (Lipinski definition) is 2. The van der Waals surface area contributed by atoms with E-state index in [0.29, 0.717) is 12.6 Å². The summed E-state index contributed by atoms with van der Waals surface area (Å²) in [6.07, 6.45) is 3.59. The second kappa shape index (κ2) is 4.64. The van der Waals surface area contributed by atoms with Crippen molar-refractivity contribution in [3.63, 3.8) is 0 Å². The first kappa shape index (κ1) is 11.1. The summed E-state index contributed by atoms with van der Waals surface area (Å²) in [7, 11) is 0. The van der Waals surface area contributed by atoms with Crippen molar-refractivity contribution in [1.82, 2.24) is 5.32 Å². The van der Waals surface area contributed by atoms with Crippen molar-refractivity contribution in [2.45, 2.75) is 45.3 Å². The maximum atomic E-state index is 9.21. The summed E-state index contributed by atoms with van der Waals surface area (Å²) in [4.78, 5) is 3.00. The first-order valence-electron chi connectivity index (χ1n) is 5.69. The minimum atomic E-state index is -0.265. The van der Waals surface area contributed by atoms with E-state index in [1.54, 1.807) is 10.4 Å². The molecule has 1 aromatic heterocycles. The van der Waals surface area contributed by atoms with E-state index in [1.807, 2.05) is 18.3 Å². The second-order valence-electron chi connectivity index (χ2n) is 4.43. The molecule has 0 fully saturated rings. The van der Waals surface area contributed by atoms with Gasteiger partial charge >= 0.3 is 0 Å². The first-order chi connectivity index (χ1) is 7.16. The highest BCUT2D eigenvalue weighted by Crippen LogP contribution is 2.33. The summed E-state index contributed by atoms with van der Waals surface area (Å²) < 4.78 is 0. The summed E-state index contributed by atoms with van der Waals surface area (Å²) >= 11 is 1.94. The number of aryl methyl sites for hydroxylation is 2. The van der Waals surface area contributed by atoms with Gasteiger partial charge in [0.25, 0.3) is 0 Å². The van der Waals surface area contributed by atoms with Crippen molar-refractivity contribution >= 4 is 11.3 Å². The van der Waals surface area contributed by atoms with Crippen LogP contribution in [0.25, 0.3) is 0 Å². The van der Waals surface area contributed by atoms with E-state index in [0.717, 1.165) is 0 Å². The summed E-state index contributed by atoms with van der Waals surface area (Å²) in [6, 6.07) is 2.71. The van der Waals surface area contributed by atoms with Crippen LogP contribution in [0.1, 0.15) is 41.6 Å². The van der Waals surface area contributed by atoms with E-state index in [1.165, 1.54) is 24.1 Å². The Balaban J connectivity index is 1.97. The first-order valence-corrected chi connectivity index (χ1v) is 6.51. The maximum absolute atomic E-state index is 9.21. The number of rotatable bonds is 4. The molecule has 1 unspecified atom stereocenters. The number of aliphatic hydroxyl groups excluding tert-OH is 1. The zero-order chi connectivity index (χ0) is 10.8.